The average Bonchev–Trinajstić information content (AvgIpc) is 3.04. The lowest BCUT2D eigenvalue weighted by atomic mass is 10.1. The Morgan fingerprint density at radius 1 is 1.48 bits per heavy atom. The maximum atomic E-state index is 12.2. The third-order valence-electron chi connectivity index (χ3n) is 3.14. The Bertz CT molecular complexity index is 790. The number of amides is 1. The van der Waals surface area contributed by atoms with Crippen molar-refractivity contribution in [3.63, 3.8) is 0 Å². The number of aryl methyl sites for hydroxylation is 1. The van der Waals surface area contributed by atoms with Gasteiger partial charge in [0.2, 0.25) is 5.89 Å². The van der Waals surface area contributed by atoms with Gasteiger partial charge in [-0.1, -0.05) is 5.16 Å². The Morgan fingerprint density at radius 2 is 2.33 bits per heavy atom. The van der Waals surface area contributed by atoms with Crippen molar-refractivity contribution < 1.29 is 9.32 Å². The van der Waals surface area contributed by atoms with Gasteiger partial charge in [0.05, 0.1) is 5.56 Å². The molecule has 1 amide bonds. The highest BCUT2D eigenvalue weighted by Gasteiger charge is 2.12. The summed E-state index contributed by atoms with van der Waals surface area (Å²) in [5, 5.41) is 7.33. The highest BCUT2D eigenvalue weighted by molar-refractivity contribution is 6.07. The van der Waals surface area contributed by atoms with Crippen LogP contribution < -0.4 is 11.1 Å². The first kappa shape index (κ1) is 13.2. The molecule has 0 spiro atoms. The summed E-state index contributed by atoms with van der Waals surface area (Å²) >= 11 is 0. The van der Waals surface area contributed by atoms with Gasteiger partial charge in [-0.2, -0.15) is 4.98 Å². The van der Waals surface area contributed by atoms with E-state index in [-0.39, 0.29) is 5.91 Å². The van der Waals surface area contributed by atoms with Crippen LogP contribution in [0.5, 0.6) is 0 Å². The monoisotopic (exact) mass is 285 g/mol. The van der Waals surface area contributed by atoms with Crippen LogP contribution in [0.3, 0.4) is 0 Å². The van der Waals surface area contributed by atoms with E-state index in [0.717, 1.165) is 10.9 Å². The molecule has 2 aromatic heterocycles. The molecule has 0 aliphatic heterocycles. The Kier molecular flexibility index (Phi) is 3.31. The number of benzene rings is 1. The van der Waals surface area contributed by atoms with E-state index in [4.69, 9.17) is 10.3 Å². The van der Waals surface area contributed by atoms with Crippen LogP contribution >= 0.6 is 0 Å². The molecule has 0 saturated carbocycles. The smallest absolute Gasteiger partial charge is 0.253 e. The van der Waals surface area contributed by atoms with Gasteiger partial charge in [-0.05, 0) is 25.1 Å². The third-order valence-corrected chi connectivity index (χ3v) is 3.14. The van der Waals surface area contributed by atoms with Crippen LogP contribution in [-0.4, -0.2) is 27.6 Å². The number of hydrogen-bond donors (Lipinski definition) is 3. The van der Waals surface area contributed by atoms with E-state index in [9.17, 15) is 4.79 Å². The molecule has 0 unspecified atom stereocenters. The number of carbonyl (C=O) groups excluding carboxylic acids is 1. The van der Waals surface area contributed by atoms with Crippen molar-refractivity contribution in [3.05, 3.63) is 41.7 Å². The van der Waals surface area contributed by atoms with Crippen molar-refractivity contribution in [2.75, 3.05) is 12.3 Å². The van der Waals surface area contributed by atoms with Gasteiger partial charge in [0.15, 0.2) is 5.82 Å². The zero-order chi connectivity index (χ0) is 14.8. The Labute approximate surface area is 120 Å². The summed E-state index contributed by atoms with van der Waals surface area (Å²) in [6, 6.07) is 5.42. The van der Waals surface area contributed by atoms with E-state index < -0.39 is 0 Å². The molecule has 3 rings (SSSR count). The van der Waals surface area contributed by atoms with Crippen LogP contribution in [0.1, 0.15) is 22.1 Å². The minimum atomic E-state index is -0.164. The number of nitrogens with one attached hydrogen (secondary N) is 2. The number of nitrogens with zero attached hydrogens (tertiary/aromatic N) is 2. The number of nitrogen functional groups attached to an aromatic ring is 1. The van der Waals surface area contributed by atoms with Crippen LogP contribution in [-0.2, 0) is 6.42 Å². The molecular weight excluding hydrogens is 270 g/mol. The maximum absolute atomic E-state index is 12.2. The van der Waals surface area contributed by atoms with Crippen molar-refractivity contribution in [2.24, 2.45) is 0 Å². The lowest BCUT2D eigenvalue weighted by Gasteiger charge is -2.02. The average molecular weight is 285 g/mol. The second-order valence-corrected chi connectivity index (χ2v) is 4.75. The fraction of sp³-hybridized carbons (Fsp3) is 0.214. The molecule has 4 N–H and O–H groups in total. The standard InChI is InChI=1S/C14H15N5O2/c1-8-18-13(21-19-8)4-5-16-14(20)11-7-17-12-3-2-9(15)6-10(11)12/h2-3,6-7,17H,4-5,15H2,1H3,(H,16,20). The quantitative estimate of drug-likeness (QED) is 0.628. The number of fused-ring (bicyclic) bond motifs is 1. The highest BCUT2D eigenvalue weighted by atomic mass is 16.5. The maximum Gasteiger partial charge on any atom is 0.253 e. The largest absolute Gasteiger partial charge is 0.399 e. The molecule has 0 radical (unpaired) electrons. The van der Waals surface area contributed by atoms with Gasteiger partial charge in [0, 0.05) is 35.8 Å². The van der Waals surface area contributed by atoms with Crippen molar-refractivity contribution in [2.45, 2.75) is 13.3 Å². The van der Waals surface area contributed by atoms with Crippen molar-refractivity contribution >= 4 is 22.5 Å². The van der Waals surface area contributed by atoms with E-state index in [1.165, 1.54) is 0 Å². The SMILES string of the molecule is Cc1noc(CCNC(=O)c2c[nH]c3ccc(N)cc23)n1. The number of nitrogens with two attached hydrogens (primary N) is 1. The first-order chi connectivity index (χ1) is 10.1. The molecule has 0 fully saturated rings. The van der Waals surface area contributed by atoms with Gasteiger partial charge in [-0.25, -0.2) is 0 Å². The topological polar surface area (TPSA) is 110 Å². The Balaban J connectivity index is 1.68. The van der Waals surface area contributed by atoms with Crippen molar-refractivity contribution in [1.29, 1.82) is 0 Å². The van der Waals surface area contributed by atoms with Gasteiger partial charge in [0.25, 0.3) is 5.91 Å². The molecule has 0 bridgehead atoms. The highest BCUT2D eigenvalue weighted by Crippen LogP contribution is 2.20. The molecule has 108 valence electrons. The molecule has 0 aliphatic rings. The third kappa shape index (κ3) is 2.71. The van der Waals surface area contributed by atoms with Crippen molar-refractivity contribution in [1.82, 2.24) is 20.4 Å². The van der Waals surface area contributed by atoms with E-state index in [1.807, 2.05) is 6.07 Å². The second kappa shape index (κ2) is 5.28. The van der Waals surface area contributed by atoms with Crippen molar-refractivity contribution in [3.8, 4) is 0 Å². The molecule has 3 aromatic rings. The fourth-order valence-corrected chi connectivity index (χ4v) is 2.15. The summed E-state index contributed by atoms with van der Waals surface area (Å²) in [5.74, 6) is 0.933. The van der Waals surface area contributed by atoms with Crippen LogP contribution in [0.2, 0.25) is 0 Å². The van der Waals surface area contributed by atoms with Crippen LogP contribution in [0.25, 0.3) is 10.9 Å². The Hall–Kier alpha value is -2.83. The molecule has 0 saturated heterocycles. The minimum absolute atomic E-state index is 0.164. The second-order valence-electron chi connectivity index (χ2n) is 4.75. The number of carbonyl (C=O) groups is 1. The molecule has 21 heavy (non-hydrogen) atoms. The van der Waals surface area contributed by atoms with E-state index >= 15 is 0 Å². The summed E-state index contributed by atoms with van der Waals surface area (Å²) in [6.07, 6.45) is 2.17. The normalized spacial score (nSPS) is 10.9. The summed E-state index contributed by atoms with van der Waals surface area (Å²) in [5.41, 5.74) is 7.83. The summed E-state index contributed by atoms with van der Waals surface area (Å²) in [6.45, 7) is 2.18. The van der Waals surface area contributed by atoms with Crippen LogP contribution in [0.4, 0.5) is 5.69 Å². The summed E-state index contributed by atoms with van der Waals surface area (Å²) in [4.78, 5) is 19.3. The summed E-state index contributed by atoms with van der Waals surface area (Å²) in [7, 11) is 0. The van der Waals surface area contributed by atoms with Gasteiger partial charge >= 0.3 is 0 Å². The van der Waals surface area contributed by atoms with Gasteiger partial charge < -0.3 is 20.6 Å². The molecule has 7 heteroatoms. The number of anilines is 1. The molecule has 1 aromatic carbocycles. The predicted molar refractivity (Wildman–Crippen MR) is 77.8 cm³/mol. The number of aromatic amines is 1. The summed E-state index contributed by atoms with van der Waals surface area (Å²) < 4.78 is 4.99. The van der Waals surface area contributed by atoms with E-state index in [1.54, 1.807) is 25.3 Å². The van der Waals surface area contributed by atoms with Gasteiger partial charge in [0.1, 0.15) is 0 Å². The lowest BCUT2D eigenvalue weighted by molar-refractivity contribution is 0.0955. The van der Waals surface area contributed by atoms with E-state index in [0.29, 0.717) is 35.9 Å². The lowest BCUT2D eigenvalue weighted by Crippen LogP contribution is -2.25. The molecular formula is C14H15N5O2. The first-order valence-electron chi connectivity index (χ1n) is 6.57. The number of H-pyrrole nitrogens is 1. The van der Waals surface area contributed by atoms with Crippen LogP contribution in [0, 0.1) is 6.92 Å². The molecule has 0 atom stereocenters. The van der Waals surface area contributed by atoms with Gasteiger partial charge in [-0.3, -0.25) is 4.79 Å². The Morgan fingerprint density at radius 3 is 3.10 bits per heavy atom. The minimum Gasteiger partial charge on any atom is -0.399 e. The van der Waals surface area contributed by atoms with Gasteiger partial charge in [-0.15, -0.1) is 0 Å². The fourth-order valence-electron chi connectivity index (χ4n) is 2.15. The zero-order valence-corrected chi connectivity index (χ0v) is 11.5. The molecule has 2 heterocycles. The number of rotatable bonds is 4. The molecule has 7 nitrogen and oxygen atoms in total. The van der Waals surface area contributed by atoms with E-state index in [2.05, 4.69) is 20.4 Å². The predicted octanol–water partition coefficient (Wildman–Crippen LogP) is 1.41. The number of aromatic nitrogens is 3. The molecule has 0 aliphatic carbocycles. The zero-order valence-electron chi connectivity index (χ0n) is 11.5. The first-order valence-corrected chi connectivity index (χ1v) is 6.57. The van der Waals surface area contributed by atoms with Crippen LogP contribution in [0.15, 0.2) is 28.9 Å². The number of hydrogen-bond acceptors (Lipinski definition) is 5.